The first-order chi connectivity index (χ1) is 14.6. The molecule has 0 spiro atoms. The van der Waals surface area contributed by atoms with E-state index in [9.17, 15) is 9.59 Å². The highest BCUT2D eigenvalue weighted by Crippen LogP contribution is 2.33. The Morgan fingerprint density at radius 2 is 1.80 bits per heavy atom. The van der Waals surface area contributed by atoms with Gasteiger partial charge < -0.3 is 4.98 Å². The van der Waals surface area contributed by atoms with Gasteiger partial charge in [-0.05, 0) is 42.9 Å². The lowest BCUT2D eigenvalue weighted by atomic mass is 9.74. The predicted octanol–water partition coefficient (Wildman–Crippen LogP) is 5.20. The number of aryl methyl sites for hydroxylation is 1. The molecule has 4 heteroatoms. The van der Waals surface area contributed by atoms with Gasteiger partial charge >= 0.3 is 0 Å². The van der Waals surface area contributed by atoms with Crippen molar-refractivity contribution in [1.82, 2.24) is 4.98 Å². The Kier molecular flexibility index (Phi) is 5.93. The molecule has 154 valence electrons. The maximum absolute atomic E-state index is 12.9. The lowest BCUT2D eigenvalue weighted by Gasteiger charge is -2.28. The number of carbonyl (C=O) groups excluding carboxylic acids is 2. The van der Waals surface area contributed by atoms with Gasteiger partial charge in [0, 0.05) is 41.7 Å². The highest BCUT2D eigenvalue weighted by atomic mass is 16.2. The Hall–Kier alpha value is -3.01. The number of nitrogens with zero attached hydrogens (tertiary/aromatic N) is 1. The van der Waals surface area contributed by atoms with Crippen LogP contribution < -0.4 is 0 Å². The number of H-pyrrole nitrogens is 1. The van der Waals surface area contributed by atoms with Gasteiger partial charge in [0.1, 0.15) is 17.5 Å². The summed E-state index contributed by atoms with van der Waals surface area (Å²) >= 11 is 0. The molecule has 1 saturated carbocycles. The van der Waals surface area contributed by atoms with Crippen LogP contribution in [-0.4, -0.2) is 28.8 Å². The topological polar surface area (TPSA) is 62.3 Å². The number of aromatic amines is 1. The van der Waals surface area contributed by atoms with Gasteiger partial charge in [-0.3, -0.25) is 14.6 Å². The number of hydrogen-bond donors (Lipinski definition) is 1. The Bertz CT molecular complexity index is 1090. The SMILES string of the molecule is CCC(=O)[C@@H]1C(=O)C[C@@H](c2ccccc2)CC1=NCCc1c(C)[nH]c2ccccc12. The van der Waals surface area contributed by atoms with Crippen molar-refractivity contribution in [3.8, 4) is 0 Å². The van der Waals surface area contributed by atoms with Gasteiger partial charge in [0.15, 0.2) is 0 Å². The Labute approximate surface area is 177 Å². The summed E-state index contributed by atoms with van der Waals surface area (Å²) in [5.41, 5.74) is 5.46. The maximum atomic E-state index is 12.9. The number of hydrogen-bond acceptors (Lipinski definition) is 3. The number of Topliss-reactive ketones (excluding diaryl/α,β-unsaturated/α-hetero) is 2. The van der Waals surface area contributed by atoms with Gasteiger partial charge in [0.25, 0.3) is 0 Å². The van der Waals surface area contributed by atoms with Crippen molar-refractivity contribution in [2.45, 2.75) is 45.4 Å². The summed E-state index contributed by atoms with van der Waals surface area (Å²) in [4.78, 5) is 33.7. The molecular weight excluding hydrogens is 372 g/mol. The molecule has 4 nitrogen and oxygen atoms in total. The van der Waals surface area contributed by atoms with Crippen LogP contribution in [-0.2, 0) is 16.0 Å². The average Bonchev–Trinajstić information content (AvgIpc) is 3.09. The highest BCUT2D eigenvalue weighted by molar-refractivity contribution is 6.22. The van der Waals surface area contributed by atoms with Crippen molar-refractivity contribution in [2.75, 3.05) is 6.54 Å². The van der Waals surface area contributed by atoms with E-state index in [1.54, 1.807) is 0 Å². The molecule has 1 fully saturated rings. The first kappa shape index (κ1) is 20.3. The van der Waals surface area contributed by atoms with Crippen molar-refractivity contribution in [2.24, 2.45) is 10.9 Å². The molecule has 3 aromatic rings. The van der Waals surface area contributed by atoms with Crippen LogP contribution in [0.3, 0.4) is 0 Å². The zero-order chi connectivity index (χ0) is 21.1. The number of para-hydroxylation sites is 1. The van der Waals surface area contributed by atoms with Gasteiger partial charge in [-0.15, -0.1) is 0 Å². The molecule has 1 heterocycles. The van der Waals surface area contributed by atoms with Crippen molar-refractivity contribution >= 4 is 28.2 Å². The van der Waals surface area contributed by atoms with Crippen molar-refractivity contribution < 1.29 is 9.59 Å². The monoisotopic (exact) mass is 400 g/mol. The molecule has 0 radical (unpaired) electrons. The third-order valence-corrected chi connectivity index (χ3v) is 6.20. The second kappa shape index (κ2) is 8.78. The highest BCUT2D eigenvalue weighted by Gasteiger charge is 2.37. The summed E-state index contributed by atoms with van der Waals surface area (Å²) in [5, 5.41) is 1.22. The van der Waals surface area contributed by atoms with Crippen LogP contribution in [0.2, 0.25) is 0 Å². The molecule has 0 amide bonds. The summed E-state index contributed by atoms with van der Waals surface area (Å²) in [6.45, 7) is 4.49. The smallest absolute Gasteiger partial charge is 0.149 e. The lowest BCUT2D eigenvalue weighted by Crippen LogP contribution is -2.38. The second-order valence-electron chi connectivity index (χ2n) is 8.13. The van der Waals surface area contributed by atoms with E-state index >= 15 is 0 Å². The van der Waals surface area contributed by atoms with Crippen LogP contribution in [0, 0.1) is 12.8 Å². The van der Waals surface area contributed by atoms with E-state index in [1.807, 2.05) is 37.3 Å². The normalized spacial score (nSPS) is 20.7. The summed E-state index contributed by atoms with van der Waals surface area (Å²) < 4.78 is 0. The summed E-state index contributed by atoms with van der Waals surface area (Å²) in [6.07, 6.45) is 2.25. The van der Waals surface area contributed by atoms with Crippen LogP contribution in [0.15, 0.2) is 59.6 Å². The van der Waals surface area contributed by atoms with Crippen molar-refractivity contribution in [3.05, 3.63) is 71.4 Å². The van der Waals surface area contributed by atoms with E-state index in [1.165, 1.54) is 10.9 Å². The molecule has 1 N–H and O–H groups in total. The fraction of sp³-hybridized carbons (Fsp3) is 0.346. The van der Waals surface area contributed by atoms with Crippen LogP contribution >= 0.6 is 0 Å². The molecule has 2 aromatic carbocycles. The average molecular weight is 401 g/mol. The Morgan fingerprint density at radius 1 is 1.07 bits per heavy atom. The van der Waals surface area contributed by atoms with Gasteiger partial charge in [0.2, 0.25) is 0 Å². The molecule has 0 bridgehead atoms. The fourth-order valence-corrected chi connectivity index (χ4v) is 4.64. The number of nitrogens with one attached hydrogen (secondary N) is 1. The zero-order valence-corrected chi connectivity index (χ0v) is 17.7. The standard InChI is InChI=1S/C26H28N2O2/c1-3-24(29)26-23(15-19(16-25(26)30)18-9-5-4-6-10-18)27-14-13-20-17(2)28-22-12-8-7-11-21(20)22/h4-12,19,26,28H,3,13-16H2,1-2H3/t19-,26+/m0/s1. The largest absolute Gasteiger partial charge is 0.358 e. The van der Waals surface area contributed by atoms with Crippen molar-refractivity contribution in [3.63, 3.8) is 0 Å². The molecule has 0 saturated heterocycles. The molecule has 1 aliphatic rings. The third kappa shape index (κ3) is 4.00. The third-order valence-electron chi connectivity index (χ3n) is 6.20. The van der Waals surface area contributed by atoms with Gasteiger partial charge in [-0.25, -0.2) is 0 Å². The number of carbonyl (C=O) groups is 2. The van der Waals surface area contributed by atoms with Crippen LogP contribution in [0.1, 0.15) is 48.9 Å². The van der Waals surface area contributed by atoms with Gasteiger partial charge in [-0.2, -0.15) is 0 Å². The number of rotatable bonds is 6. The molecule has 0 aliphatic heterocycles. The minimum atomic E-state index is -0.654. The summed E-state index contributed by atoms with van der Waals surface area (Å²) in [7, 11) is 0. The Balaban J connectivity index is 1.58. The number of aromatic nitrogens is 1. The second-order valence-corrected chi connectivity index (χ2v) is 8.13. The number of fused-ring (bicyclic) bond motifs is 1. The quantitative estimate of drug-likeness (QED) is 0.578. The lowest BCUT2D eigenvalue weighted by molar-refractivity contribution is -0.130. The van der Waals surface area contributed by atoms with Gasteiger partial charge in [0.05, 0.1) is 0 Å². The number of aliphatic imine (C=N–C) groups is 1. The first-order valence-corrected chi connectivity index (χ1v) is 10.8. The predicted molar refractivity (Wildman–Crippen MR) is 121 cm³/mol. The zero-order valence-electron chi connectivity index (χ0n) is 17.7. The van der Waals surface area contributed by atoms with Crippen molar-refractivity contribution in [1.29, 1.82) is 0 Å². The number of ketones is 2. The van der Waals surface area contributed by atoms with E-state index < -0.39 is 5.92 Å². The molecular formula is C26H28N2O2. The van der Waals surface area contributed by atoms with Crippen LogP contribution in [0.4, 0.5) is 0 Å². The minimum Gasteiger partial charge on any atom is -0.358 e. The van der Waals surface area contributed by atoms with Crippen LogP contribution in [0.25, 0.3) is 10.9 Å². The maximum Gasteiger partial charge on any atom is 0.149 e. The van der Waals surface area contributed by atoms with Crippen LogP contribution in [0.5, 0.6) is 0 Å². The minimum absolute atomic E-state index is 0.00598. The molecule has 0 unspecified atom stereocenters. The fourth-order valence-electron chi connectivity index (χ4n) is 4.64. The van der Waals surface area contributed by atoms with E-state index in [0.29, 0.717) is 25.8 Å². The van der Waals surface area contributed by atoms with Gasteiger partial charge in [-0.1, -0.05) is 55.5 Å². The van der Waals surface area contributed by atoms with E-state index in [2.05, 4.69) is 36.2 Å². The summed E-state index contributed by atoms with van der Waals surface area (Å²) in [5.74, 6) is -0.537. The summed E-state index contributed by atoms with van der Waals surface area (Å²) in [6, 6.07) is 18.4. The molecule has 4 rings (SSSR count). The molecule has 1 aromatic heterocycles. The Morgan fingerprint density at radius 3 is 2.57 bits per heavy atom. The van der Waals surface area contributed by atoms with E-state index in [0.717, 1.165) is 28.9 Å². The molecule has 2 atom stereocenters. The molecule has 1 aliphatic carbocycles. The number of benzene rings is 2. The van der Waals surface area contributed by atoms with E-state index in [-0.39, 0.29) is 17.5 Å². The van der Waals surface area contributed by atoms with E-state index in [4.69, 9.17) is 4.99 Å². The molecule has 30 heavy (non-hydrogen) atoms. The first-order valence-electron chi connectivity index (χ1n) is 10.8.